The Morgan fingerprint density at radius 3 is 2.95 bits per heavy atom. The van der Waals surface area contributed by atoms with E-state index in [1.165, 1.54) is 12.0 Å². The number of piperidine rings is 1. The number of thiophene rings is 1. The summed E-state index contributed by atoms with van der Waals surface area (Å²) in [6.07, 6.45) is 1.74. The van der Waals surface area contributed by atoms with Crippen LogP contribution in [-0.4, -0.2) is 42.8 Å². The number of hydrogen-bond acceptors (Lipinski definition) is 5. The predicted molar refractivity (Wildman–Crippen MR) is 78.3 cm³/mol. The van der Waals surface area contributed by atoms with Gasteiger partial charge in [0.05, 0.1) is 13.0 Å². The molecule has 1 fully saturated rings. The highest BCUT2D eigenvalue weighted by molar-refractivity contribution is 7.10. The van der Waals surface area contributed by atoms with Crippen molar-refractivity contribution in [3.05, 3.63) is 21.9 Å². The number of esters is 1. The molecule has 1 saturated heterocycles. The van der Waals surface area contributed by atoms with Gasteiger partial charge in [-0.2, -0.15) is 0 Å². The van der Waals surface area contributed by atoms with Crippen molar-refractivity contribution >= 4 is 17.3 Å². The van der Waals surface area contributed by atoms with Crippen molar-refractivity contribution in [3.63, 3.8) is 0 Å². The molecule has 5 heteroatoms. The van der Waals surface area contributed by atoms with Gasteiger partial charge in [0.2, 0.25) is 0 Å². The highest BCUT2D eigenvalue weighted by Crippen LogP contribution is 2.22. The van der Waals surface area contributed by atoms with E-state index < -0.39 is 0 Å². The van der Waals surface area contributed by atoms with Crippen LogP contribution in [0.2, 0.25) is 0 Å². The third-order valence-corrected chi connectivity index (χ3v) is 4.39. The van der Waals surface area contributed by atoms with Gasteiger partial charge in [-0.15, -0.1) is 11.3 Å². The Labute approximate surface area is 123 Å². The molecule has 0 unspecified atom stereocenters. The first-order valence-corrected chi connectivity index (χ1v) is 7.58. The molecule has 1 aromatic heterocycles. The summed E-state index contributed by atoms with van der Waals surface area (Å²) in [6, 6.07) is 2.07. The summed E-state index contributed by atoms with van der Waals surface area (Å²) in [6.45, 7) is 2.65. The maximum absolute atomic E-state index is 11.5. The summed E-state index contributed by atoms with van der Waals surface area (Å²) in [7, 11) is 1.45. The summed E-state index contributed by atoms with van der Waals surface area (Å²) in [5.74, 6) is 5.55. The molecular weight excluding hydrogens is 274 g/mol. The van der Waals surface area contributed by atoms with E-state index in [4.69, 9.17) is 9.84 Å². The molecule has 0 spiro atoms. The number of rotatable bonds is 3. The average Bonchev–Trinajstić information content (AvgIpc) is 2.92. The van der Waals surface area contributed by atoms with E-state index in [1.54, 1.807) is 11.3 Å². The second kappa shape index (κ2) is 7.44. The molecule has 1 aliphatic rings. The van der Waals surface area contributed by atoms with Crippen molar-refractivity contribution in [1.82, 2.24) is 4.90 Å². The van der Waals surface area contributed by atoms with Crippen LogP contribution in [0.25, 0.3) is 0 Å². The molecule has 1 aliphatic heterocycles. The molecule has 108 valence electrons. The Kier molecular flexibility index (Phi) is 5.60. The third kappa shape index (κ3) is 4.07. The van der Waals surface area contributed by atoms with Crippen molar-refractivity contribution in [2.24, 2.45) is 5.92 Å². The van der Waals surface area contributed by atoms with Gasteiger partial charge in [-0.25, -0.2) is 0 Å². The Balaban J connectivity index is 1.83. The second-order valence-electron chi connectivity index (χ2n) is 4.84. The lowest BCUT2D eigenvalue weighted by Gasteiger charge is -2.30. The van der Waals surface area contributed by atoms with E-state index in [2.05, 4.69) is 22.8 Å². The lowest BCUT2D eigenvalue weighted by Crippen LogP contribution is -2.36. The Morgan fingerprint density at radius 1 is 1.55 bits per heavy atom. The number of aliphatic hydroxyl groups excluding tert-OH is 1. The zero-order valence-corrected chi connectivity index (χ0v) is 12.4. The number of carbonyl (C=O) groups excluding carboxylic acids is 1. The number of nitrogens with zero attached hydrogens (tertiary/aromatic N) is 1. The second-order valence-corrected chi connectivity index (χ2v) is 5.83. The molecule has 20 heavy (non-hydrogen) atoms. The summed E-state index contributed by atoms with van der Waals surface area (Å²) in [4.78, 5) is 15.1. The van der Waals surface area contributed by atoms with Crippen LogP contribution < -0.4 is 0 Å². The van der Waals surface area contributed by atoms with E-state index in [-0.39, 0.29) is 18.5 Å². The number of ether oxygens (including phenoxy) is 1. The largest absolute Gasteiger partial charge is 0.469 e. The highest BCUT2D eigenvalue weighted by atomic mass is 32.1. The first-order valence-electron chi connectivity index (χ1n) is 6.70. The van der Waals surface area contributed by atoms with Crippen LogP contribution in [0.15, 0.2) is 11.4 Å². The number of carbonyl (C=O) groups is 1. The van der Waals surface area contributed by atoms with Crippen LogP contribution in [0.5, 0.6) is 0 Å². The number of likely N-dealkylation sites (tertiary alicyclic amines) is 1. The molecule has 2 rings (SSSR count). The molecule has 0 saturated carbocycles. The van der Waals surface area contributed by atoms with Crippen molar-refractivity contribution < 1.29 is 14.6 Å². The normalized spacial score (nSPS) is 16.5. The molecule has 2 heterocycles. The van der Waals surface area contributed by atoms with Gasteiger partial charge in [-0.1, -0.05) is 11.8 Å². The van der Waals surface area contributed by atoms with Gasteiger partial charge in [0, 0.05) is 22.4 Å². The van der Waals surface area contributed by atoms with Crippen LogP contribution in [-0.2, 0) is 16.1 Å². The lowest BCUT2D eigenvalue weighted by molar-refractivity contribution is -0.147. The van der Waals surface area contributed by atoms with Crippen LogP contribution in [0.4, 0.5) is 0 Å². The summed E-state index contributed by atoms with van der Waals surface area (Å²) >= 11 is 1.69. The smallest absolute Gasteiger partial charge is 0.308 e. The van der Waals surface area contributed by atoms with Crippen LogP contribution in [0.1, 0.15) is 23.3 Å². The average molecular weight is 293 g/mol. The first-order chi connectivity index (χ1) is 9.72. The van der Waals surface area contributed by atoms with Crippen LogP contribution >= 0.6 is 11.3 Å². The monoisotopic (exact) mass is 293 g/mol. The van der Waals surface area contributed by atoms with E-state index in [1.807, 2.05) is 5.38 Å². The SMILES string of the molecule is COC(=O)C1CCN(Cc2cc(C#CCO)cs2)CC1. The standard InChI is InChI=1S/C15H19NO3S/c1-19-15(18)13-4-6-16(7-5-13)10-14-9-12(11-20-14)3-2-8-17/h9,11,13,17H,4-8,10H2,1H3. The van der Waals surface area contributed by atoms with Gasteiger partial charge in [-0.3, -0.25) is 9.69 Å². The van der Waals surface area contributed by atoms with Gasteiger partial charge in [0.1, 0.15) is 6.61 Å². The fourth-order valence-electron chi connectivity index (χ4n) is 2.38. The lowest BCUT2D eigenvalue weighted by atomic mass is 9.97. The Hall–Kier alpha value is -1.35. The summed E-state index contributed by atoms with van der Waals surface area (Å²) in [5.41, 5.74) is 0.962. The molecule has 0 aliphatic carbocycles. The number of aliphatic hydroxyl groups is 1. The zero-order valence-electron chi connectivity index (χ0n) is 11.6. The fraction of sp³-hybridized carbons (Fsp3) is 0.533. The molecule has 4 nitrogen and oxygen atoms in total. The van der Waals surface area contributed by atoms with Gasteiger partial charge in [0.15, 0.2) is 0 Å². The zero-order chi connectivity index (χ0) is 14.4. The molecule has 1 N–H and O–H groups in total. The fourth-order valence-corrected chi connectivity index (χ4v) is 3.24. The van der Waals surface area contributed by atoms with Gasteiger partial charge in [-0.05, 0) is 32.0 Å². The van der Waals surface area contributed by atoms with Crippen LogP contribution in [0.3, 0.4) is 0 Å². The number of methoxy groups -OCH3 is 1. The van der Waals surface area contributed by atoms with Crippen molar-refractivity contribution in [3.8, 4) is 11.8 Å². The maximum atomic E-state index is 11.5. The van der Waals surface area contributed by atoms with E-state index >= 15 is 0 Å². The molecule has 0 amide bonds. The topological polar surface area (TPSA) is 49.8 Å². The molecule has 1 aromatic rings. The quantitative estimate of drug-likeness (QED) is 0.677. The van der Waals surface area contributed by atoms with E-state index in [0.717, 1.165) is 38.0 Å². The van der Waals surface area contributed by atoms with Crippen LogP contribution in [0, 0.1) is 17.8 Å². The Bertz CT molecular complexity index is 507. The summed E-state index contributed by atoms with van der Waals surface area (Å²) in [5, 5.41) is 10.7. The highest BCUT2D eigenvalue weighted by Gasteiger charge is 2.25. The predicted octanol–water partition coefficient (Wildman–Crippen LogP) is 1.48. The molecular formula is C15H19NO3S. The first kappa shape index (κ1) is 15.0. The minimum absolute atomic E-state index is 0.0607. The molecule has 0 atom stereocenters. The maximum Gasteiger partial charge on any atom is 0.308 e. The molecule has 0 aromatic carbocycles. The number of hydrogen-bond donors (Lipinski definition) is 1. The van der Waals surface area contributed by atoms with Gasteiger partial charge in [0.25, 0.3) is 0 Å². The van der Waals surface area contributed by atoms with E-state index in [0.29, 0.717) is 0 Å². The van der Waals surface area contributed by atoms with E-state index in [9.17, 15) is 4.79 Å². The molecule has 0 radical (unpaired) electrons. The summed E-state index contributed by atoms with van der Waals surface area (Å²) < 4.78 is 4.79. The van der Waals surface area contributed by atoms with Crippen molar-refractivity contribution in [2.45, 2.75) is 19.4 Å². The van der Waals surface area contributed by atoms with Crippen molar-refractivity contribution in [2.75, 3.05) is 26.8 Å². The van der Waals surface area contributed by atoms with Gasteiger partial charge >= 0.3 is 5.97 Å². The third-order valence-electron chi connectivity index (χ3n) is 3.47. The van der Waals surface area contributed by atoms with Crippen molar-refractivity contribution in [1.29, 1.82) is 0 Å². The minimum atomic E-state index is -0.105. The van der Waals surface area contributed by atoms with Gasteiger partial charge < -0.3 is 9.84 Å². The Morgan fingerprint density at radius 2 is 2.30 bits per heavy atom. The molecule has 0 bridgehead atoms. The minimum Gasteiger partial charge on any atom is -0.469 e.